The van der Waals surface area contributed by atoms with Crippen LogP contribution in [0.1, 0.15) is 31.8 Å². The Morgan fingerprint density at radius 2 is 1.18 bits per heavy atom. The predicted octanol–water partition coefficient (Wildman–Crippen LogP) is 8.02. The first-order valence-corrected chi connectivity index (χ1v) is 14.8. The Bertz CT molecular complexity index is 1310. The van der Waals surface area contributed by atoms with E-state index in [0.29, 0.717) is 23.5 Å². The highest BCUT2D eigenvalue weighted by atomic mass is 127. The molecule has 0 aliphatic rings. The van der Waals surface area contributed by atoms with Crippen LogP contribution in [0.3, 0.4) is 0 Å². The van der Waals surface area contributed by atoms with Gasteiger partial charge in [0.15, 0.2) is 0 Å². The van der Waals surface area contributed by atoms with Crippen molar-refractivity contribution in [1.82, 2.24) is 0 Å². The monoisotopic (exact) mass is 816 g/mol. The van der Waals surface area contributed by atoms with Gasteiger partial charge in [-0.15, -0.1) is 0 Å². The second-order valence-electron chi connectivity index (χ2n) is 7.74. The minimum absolute atomic E-state index is 0.294. The number of benzene rings is 4. The molecule has 0 aliphatic heterocycles. The lowest BCUT2D eigenvalue weighted by molar-refractivity contribution is 0.0591. The third-order valence-corrected chi connectivity index (χ3v) is 6.98. The number of carbonyl (C=O) groups excluding carboxylic acids is 2. The van der Waals surface area contributed by atoms with E-state index in [-0.39, 0.29) is 11.9 Å². The molecule has 0 atom stereocenters. The molecule has 0 heterocycles. The number of alkyl halides is 1. The van der Waals surface area contributed by atoms with Crippen LogP contribution in [0.4, 0.5) is 0 Å². The molecular formula is C30H27BrI2O6. The van der Waals surface area contributed by atoms with Crippen molar-refractivity contribution < 1.29 is 28.9 Å². The van der Waals surface area contributed by atoms with Crippen LogP contribution >= 0.6 is 61.1 Å². The van der Waals surface area contributed by atoms with Gasteiger partial charge in [-0.2, -0.15) is 0 Å². The first kappa shape index (κ1) is 32.6. The molecule has 4 aromatic rings. The van der Waals surface area contributed by atoms with Crippen molar-refractivity contribution in [1.29, 1.82) is 0 Å². The molecule has 0 aliphatic carbocycles. The third-order valence-electron chi connectivity index (χ3n) is 4.90. The summed E-state index contributed by atoms with van der Waals surface area (Å²) in [4.78, 5) is 22.5. The van der Waals surface area contributed by atoms with Crippen LogP contribution in [0.5, 0.6) is 11.5 Å². The molecule has 1 N–H and O–H groups in total. The topological polar surface area (TPSA) is 82.1 Å². The summed E-state index contributed by atoms with van der Waals surface area (Å²) in [5.74, 6) is 0.503. The molecule has 9 heteroatoms. The number of carbonyl (C=O) groups is 2. The predicted molar refractivity (Wildman–Crippen MR) is 173 cm³/mol. The summed E-state index contributed by atoms with van der Waals surface area (Å²) < 4.78 is 17.2. The summed E-state index contributed by atoms with van der Waals surface area (Å²) >= 11 is 7.74. The van der Waals surface area contributed by atoms with Crippen molar-refractivity contribution in [3.63, 3.8) is 0 Å². The molecule has 204 valence electrons. The van der Waals surface area contributed by atoms with E-state index in [0.717, 1.165) is 29.3 Å². The van der Waals surface area contributed by atoms with E-state index < -0.39 is 0 Å². The molecule has 0 unspecified atom stereocenters. The first-order chi connectivity index (χ1) is 18.7. The molecular weight excluding hydrogens is 790 g/mol. The fraction of sp³-hybridized carbons (Fsp3) is 0.133. The molecule has 0 aromatic heterocycles. The maximum Gasteiger partial charge on any atom is 0.337 e. The minimum atomic E-state index is -0.337. The summed E-state index contributed by atoms with van der Waals surface area (Å²) in [5, 5.41) is 9.50. The van der Waals surface area contributed by atoms with Crippen LogP contribution < -0.4 is 4.74 Å². The van der Waals surface area contributed by atoms with Crippen LogP contribution in [-0.4, -0.2) is 31.3 Å². The maximum atomic E-state index is 11.4. The molecule has 4 aromatic carbocycles. The fourth-order valence-corrected chi connectivity index (χ4v) is 4.01. The van der Waals surface area contributed by atoms with Gasteiger partial charge in [-0.3, -0.25) is 0 Å². The largest absolute Gasteiger partial charge is 0.508 e. The summed E-state index contributed by atoms with van der Waals surface area (Å²) in [6.45, 7) is 0.422. The number of rotatable bonds is 6. The number of methoxy groups -OCH3 is 2. The van der Waals surface area contributed by atoms with E-state index >= 15 is 0 Å². The van der Waals surface area contributed by atoms with Gasteiger partial charge >= 0.3 is 11.9 Å². The third kappa shape index (κ3) is 12.4. The molecule has 0 amide bonds. The zero-order valence-electron chi connectivity index (χ0n) is 21.3. The van der Waals surface area contributed by atoms with Crippen molar-refractivity contribution in [2.45, 2.75) is 11.9 Å². The van der Waals surface area contributed by atoms with Crippen LogP contribution in [0.2, 0.25) is 0 Å². The molecule has 0 spiro atoms. The number of esters is 2. The number of hydrogen-bond donors (Lipinski definition) is 1. The molecule has 0 bridgehead atoms. The van der Waals surface area contributed by atoms with E-state index in [4.69, 9.17) is 9.84 Å². The average Bonchev–Trinajstić information content (AvgIpc) is 2.98. The van der Waals surface area contributed by atoms with Crippen molar-refractivity contribution in [2.24, 2.45) is 0 Å². The molecule has 0 saturated carbocycles. The molecule has 0 saturated heterocycles. The van der Waals surface area contributed by atoms with Gasteiger partial charge in [0, 0.05) is 12.5 Å². The summed E-state index contributed by atoms with van der Waals surface area (Å²) in [7, 11) is 2.75. The average molecular weight is 817 g/mol. The number of ether oxygens (including phenoxy) is 3. The SMILES string of the molecule is COC(=O)c1cccc(CBr)c1.COC(=O)c1cccc(COc2ccc(I)cc2)c1.Oc1ccc(I)cc1. The Kier molecular flexibility index (Phi) is 14.9. The molecule has 4 rings (SSSR count). The minimum Gasteiger partial charge on any atom is -0.508 e. The van der Waals surface area contributed by atoms with Crippen LogP contribution in [-0.2, 0) is 21.4 Å². The number of phenols is 1. The molecule has 39 heavy (non-hydrogen) atoms. The van der Waals surface area contributed by atoms with Gasteiger partial charge in [-0.05, 0) is 129 Å². The van der Waals surface area contributed by atoms with Gasteiger partial charge in [-0.1, -0.05) is 40.2 Å². The number of phenolic OH excluding ortho intramolecular Hbond substituents is 1. The normalized spacial score (nSPS) is 9.67. The zero-order valence-corrected chi connectivity index (χ0v) is 27.2. The number of hydrogen-bond acceptors (Lipinski definition) is 6. The lowest BCUT2D eigenvalue weighted by Gasteiger charge is -2.07. The fourth-order valence-electron chi connectivity index (χ4n) is 2.94. The smallest absolute Gasteiger partial charge is 0.337 e. The highest BCUT2D eigenvalue weighted by molar-refractivity contribution is 14.1. The van der Waals surface area contributed by atoms with Gasteiger partial charge in [-0.25, -0.2) is 9.59 Å². The lowest BCUT2D eigenvalue weighted by atomic mass is 10.1. The first-order valence-electron chi connectivity index (χ1n) is 11.5. The highest BCUT2D eigenvalue weighted by Gasteiger charge is 2.06. The quantitative estimate of drug-likeness (QED) is 0.121. The van der Waals surface area contributed by atoms with E-state index in [2.05, 4.69) is 70.6 Å². The van der Waals surface area contributed by atoms with E-state index in [1.807, 2.05) is 60.7 Å². The van der Waals surface area contributed by atoms with Crippen molar-refractivity contribution in [3.05, 3.63) is 126 Å². The van der Waals surface area contributed by atoms with Crippen LogP contribution in [0.25, 0.3) is 0 Å². The zero-order chi connectivity index (χ0) is 28.6. The Labute approximate surface area is 264 Å². The number of halogens is 3. The Morgan fingerprint density at radius 3 is 1.64 bits per heavy atom. The van der Waals surface area contributed by atoms with Gasteiger partial charge in [0.1, 0.15) is 18.1 Å². The van der Waals surface area contributed by atoms with Gasteiger partial charge in [0.25, 0.3) is 0 Å². The Morgan fingerprint density at radius 1 is 0.718 bits per heavy atom. The van der Waals surface area contributed by atoms with Gasteiger partial charge in [0.05, 0.1) is 25.3 Å². The Balaban J connectivity index is 0.000000227. The maximum absolute atomic E-state index is 11.4. The van der Waals surface area contributed by atoms with E-state index in [1.165, 1.54) is 14.2 Å². The van der Waals surface area contributed by atoms with Crippen molar-refractivity contribution in [2.75, 3.05) is 14.2 Å². The second-order valence-corrected chi connectivity index (χ2v) is 10.8. The molecule has 0 radical (unpaired) electrons. The number of aromatic hydroxyl groups is 1. The summed E-state index contributed by atoms with van der Waals surface area (Å²) in [5.41, 5.74) is 3.13. The van der Waals surface area contributed by atoms with Crippen LogP contribution in [0, 0.1) is 7.14 Å². The van der Waals surface area contributed by atoms with Crippen LogP contribution in [0.15, 0.2) is 97.1 Å². The standard InChI is InChI=1S/C15H13IO3.C9H9BrO2.C6H5IO/c1-18-15(17)12-4-2-3-11(9-12)10-19-14-7-5-13(16)6-8-14;1-12-9(11)8-4-2-3-7(5-8)6-10;7-5-1-3-6(8)4-2-5/h2-9H,10H2,1H3;2-5H,6H2,1H3;1-4,8H. The summed E-state index contributed by atoms with van der Waals surface area (Å²) in [6, 6.07) is 29.4. The van der Waals surface area contributed by atoms with Gasteiger partial charge < -0.3 is 19.3 Å². The van der Waals surface area contributed by atoms with E-state index in [1.54, 1.807) is 36.4 Å². The van der Waals surface area contributed by atoms with Gasteiger partial charge in [0.2, 0.25) is 0 Å². The second kappa shape index (κ2) is 17.9. The van der Waals surface area contributed by atoms with Crippen molar-refractivity contribution in [3.8, 4) is 11.5 Å². The lowest BCUT2D eigenvalue weighted by Crippen LogP contribution is -2.03. The molecule has 0 fully saturated rings. The summed E-state index contributed by atoms with van der Waals surface area (Å²) in [6.07, 6.45) is 0. The Hall–Kier alpha value is -2.64. The molecule has 6 nitrogen and oxygen atoms in total. The van der Waals surface area contributed by atoms with E-state index in [9.17, 15) is 9.59 Å². The highest BCUT2D eigenvalue weighted by Crippen LogP contribution is 2.16. The van der Waals surface area contributed by atoms with Crippen molar-refractivity contribution >= 4 is 73.1 Å².